The van der Waals surface area contributed by atoms with Gasteiger partial charge in [0.05, 0.1) is 5.52 Å². The highest BCUT2D eigenvalue weighted by Crippen LogP contribution is 2.43. The van der Waals surface area contributed by atoms with Crippen molar-refractivity contribution in [2.24, 2.45) is 10.2 Å². The first-order chi connectivity index (χ1) is 17.8. The number of fused-ring (bicyclic) bond motifs is 1. The molecule has 5 rings (SSSR count). The highest BCUT2D eigenvalue weighted by Gasteiger charge is 2.18. The summed E-state index contributed by atoms with van der Waals surface area (Å²) in [6.07, 6.45) is -1.40. The first kappa shape index (κ1) is 23.6. The molecule has 0 radical (unpaired) electrons. The van der Waals surface area contributed by atoms with Crippen LogP contribution in [0.3, 0.4) is 0 Å². The normalized spacial score (nSPS) is 11.3. The Morgan fingerprint density at radius 3 is 2.32 bits per heavy atom. The summed E-state index contributed by atoms with van der Waals surface area (Å²) in [6, 6.07) is 24.8. The third kappa shape index (κ3) is 4.48. The van der Waals surface area contributed by atoms with Crippen molar-refractivity contribution in [3.63, 3.8) is 0 Å². The Labute approximate surface area is 212 Å². The Morgan fingerprint density at radius 2 is 1.59 bits per heavy atom. The van der Waals surface area contributed by atoms with Crippen LogP contribution in [0.1, 0.15) is 11.1 Å². The van der Waals surface area contributed by atoms with Gasteiger partial charge in [-0.15, -0.1) is 10.2 Å². The number of aromatic hydroxyl groups is 2. The van der Waals surface area contributed by atoms with Crippen LogP contribution in [0.25, 0.3) is 27.7 Å². The van der Waals surface area contributed by atoms with Crippen molar-refractivity contribution in [1.29, 1.82) is 0 Å². The zero-order valence-electron chi connectivity index (χ0n) is 20.1. The van der Waals surface area contributed by atoms with E-state index in [1.54, 1.807) is 34.9 Å². The van der Waals surface area contributed by atoms with Crippen molar-refractivity contribution in [2.45, 2.75) is 13.8 Å². The van der Waals surface area contributed by atoms with Crippen molar-refractivity contribution in [2.75, 3.05) is 0 Å². The Bertz CT molecular complexity index is 1670. The van der Waals surface area contributed by atoms with Crippen LogP contribution in [-0.2, 0) is 0 Å². The quantitative estimate of drug-likeness (QED) is 0.131. The van der Waals surface area contributed by atoms with Crippen LogP contribution in [-0.4, -0.2) is 26.0 Å². The van der Waals surface area contributed by atoms with Gasteiger partial charge >= 0.3 is 6.16 Å². The molecule has 1 heterocycles. The number of aromatic nitrogens is 1. The molecule has 3 N–H and O–H groups in total. The van der Waals surface area contributed by atoms with Gasteiger partial charge in [0.1, 0.15) is 11.4 Å². The summed E-state index contributed by atoms with van der Waals surface area (Å²) in [6.45, 7) is 4.05. The fourth-order valence-electron chi connectivity index (χ4n) is 4.19. The standard InChI is InChI=1S/C29H23N3O5/c1-17-10-13-20(16-18(17)2)32-25-9-4-3-6-23(25)26(28(32)34)31-30-24-8-5-7-22(27(24)33)19-11-14-21(15-12-19)37-29(35)36/h3-16,33-34H,1-2H3,(H,35,36). The minimum absolute atomic E-state index is 0.0575. The van der Waals surface area contributed by atoms with Gasteiger partial charge in [-0.2, -0.15) is 0 Å². The molecule has 184 valence electrons. The van der Waals surface area contributed by atoms with E-state index in [1.165, 1.54) is 12.1 Å². The number of para-hydroxylation sites is 2. The second kappa shape index (κ2) is 9.50. The Kier molecular flexibility index (Phi) is 6.07. The van der Waals surface area contributed by atoms with Gasteiger partial charge in [0.15, 0.2) is 11.4 Å². The van der Waals surface area contributed by atoms with Crippen LogP contribution in [0.4, 0.5) is 16.2 Å². The van der Waals surface area contributed by atoms with E-state index in [0.29, 0.717) is 16.5 Å². The fraction of sp³-hybridized carbons (Fsp3) is 0.0690. The number of azo groups is 1. The third-order valence-electron chi connectivity index (χ3n) is 6.22. The van der Waals surface area contributed by atoms with E-state index >= 15 is 0 Å². The maximum Gasteiger partial charge on any atom is 0.511 e. The number of ether oxygens (including phenoxy) is 1. The van der Waals surface area contributed by atoms with E-state index < -0.39 is 6.16 Å². The SMILES string of the molecule is Cc1ccc(-n2c(O)c(N=Nc3cccc(-c4ccc(OC(=O)O)cc4)c3O)c3ccccc32)cc1C. The summed E-state index contributed by atoms with van der Waals surface area (Å²) in [5.41, 5.74) is 5.46. The molecule has 0 aliphatic rings. The first-order valence-corrected chi connectivity index (χ1v) is 11.5. The number of hydrogen-bond acceptors (Lipinski definition) is 6. The van der Waals surface area contributed by atoms with Gasteiger partial charge in [-0.1, -0.05) is 48.5 Å². The smallest absolute Gasteiger partial charge is 0.505 e. The van der Waals surface area contributed by atoms with E-state index in [4.69, 9.17) is 5.11 Å². The van der Waals surface area contributed by atoms with Crippen molar-refractivity contribution in [3.8, 4) is 34.2 Å². The average molecular weight is 494 g/mol. The van der Waals surface area contributed by atoms with Gasteiger partial charge in [-0.3, -0.25) is 4.57 Å². The molecule has 5 aromatic rings. The summed E-state index contributed by atoms with van der Waals surface area (Å²) in [4.78, 5) is 10.7. The minimum Gasteiger partial charge on any atom is -0.505 e. The molecular formula is C29H23N3O5. The number of phenols is 1. The predicted octanol–water partition coefficient (Wildman–Crippen LogP) is 7.80. The molecule has 0 bridgehead atoms. The number of hydrogen-bond donors (Lipinski definition) is 3. The lowest BCUT2D eigenvalue weighted by atomic mass is 10.0. The highest BCUT2D eigenvalue weighted by molar-refractivity contribution is 5.96. The number of nitrogens with zero attached hydrogens (tertiary/aromatic N) is 3. The monoisotopic (exact) mass is 493 g/mol. The zero-order valence-corrected chi connectivity index (χ0v) is 20.1. The minimum atomic E-state index is -1.40. The van der Waals surface area contributed by atoms with Gasteiger partial charge in [0, 0.05) is 16.6 Å². The number of phenolic OH excluding ortho intramolecular Hbond substituents is 1. The predicted molar refractivity (Wildman–Crippen MR) is 141 cm³/mol. The van der Waals surface area contributed by atoms with Gasteiger partial charge in [-0.25, -0.2) is 4.79 Å². The van der Waals surface area contributed by atoms with Gasteiger partial charge < -0.3 is 20.1 Å². The molecule has 0 saturated heterocycles. The molecule has 1 aromatic heterocycles. The fourth-order valence-corrected chi connectivity index (χ4v) is 4.19. The topological polar surface area (TPSA) is 117 Å². The molecule has 8 nitrogen and oxygen atoms in total. The highest BCUT2D eigenvalue weighted by atomic mass is 16.7. The number of aryl methyl sites for hydroxylation is 2. The molecule has 8 heteroatoms. The second-order valence-electron chi connectivity index (χ2n) is 8.56. The molecule has 0 fully saturated rings. The maximum absolute atomic E-state index is 11.2. The summed E-state index contributed by atoms with van der Waals surface area (Å²) in [5.74, 6) is 0.00984. The van der Waals surface area contributed by atoms with Crippen LogP contribution >= 0.6 is 0 Å². The second-order valence-corrected chi connectivity index (χ2v) is 8.56. The summed E-state index contributed by atoms with van der Waals surface area (Å²) < 4.78 is 6.36. The molecule has 0 atom stereocenters. The number of carbonyl (C=O) groups is 1. The molecular weight excluding hydrogens is 470 g/mol. The van der Waals surface area contributed by atoms with Crippen LogP contribution in [0.2, 0.25) is 0 Å². The summed E-state index contributed by atoms with van der Waals surface area (Å²) in [7, 11) is 0. The van der Waals surface area contributed by atoms with Crippen molar-refractivity contribution in [3.05, 3.63) is 96.1 Å². The molecule has 0 aliphatic heterocycles. The van der Waals surface area contributed by atoms with Crippen molar-refractivity contribution < 1.29 is 24.9 Å². The Hall–Kier alpha value is -5.11. The largest absolute Gasteiger partial charge is 0.511 e. The molecule has 0 aliphatic carbocycles. The third-order valence-corrected chi connectivity index (χ3v) is 6.22. The molecule has 0 unspecified atom stereocenters. The number of rotatable bonds is 5. The first-order valence-electron chi connectivity index (χ1n) is 11.5. The van der Waals surface area contributed by atoms with Crippen LogP contribution in [0.5, 0.6) is 17.4 Å². The van der Waals surface area contributed by atoms with Crippen LogP contribution < -0.4 is 4.74 Å². The maximum atomic E-state index is 11.2. The molecule has 4 aromatic carbocycles. The summed E-state index contributed by atoms with van der Waals surface area (Å²) in [5, 5.41) is 40.2. The Balaban J connectivity index is 1.54. The lowest BCUT2D eigenvalue weighted by molar-refractivity contribution is 0.144. The van der Waals surface area contributed by atoms with E-state index in [1.807, 2.05) is 56.3 Å². The number of carboxylic acid groups (broad SMARTS) is 1. The van der Waals surface area contributed by atoms with Crippen LogP contribution in [0, 0.1) is 13.8 Å². The van der Waals surface area contributed by atoms with Crippen molar-refractivity contribution >= 4 is 28.4 Å². The molecule has 0 amide bonds. The van der Waals surface area contributed by atoms with Gasteiger partial charge in [-0.05, 0) is 66.9 Å². The Morgan fingerprint density at radius 1 is 0.838 bits per heavy atom. The van der Waals surface area contributed by atoms with E-state index in [0.717, 1.165) is 22.3 Å². The van der Waals surface area contributed by atoms with E-state index in [9.17, 15) is 15.0 Å². The zero-order chi connectivity index (χ0) is 26.1. The molecule has 37 heavy (non-hydrogen) atoms. The van der Waals surface area contributed by atoms with Crippen molar-refractivity contribution in [1.82, 2.24) is 4.57 Å². The average Bonchev–Trinajstić information content (AvgIpc) is 3.16. The van der Waals surface area contributed by atoms with Gasteiger partial charge in [0.25, 0.3) is 0 Å². The lowest BCUT2D eigenvalue weighted by Crippen LogP contribution is -2.02. The van der Waals surface area contributed by atoms with E-state index in [2.05, 4.69) is 15.0 Å². The van der Waals surface area contributed by atoms with Gasteiger partial charge in [0.2, 0.25) is 5.88 Å². The number of benzene rings is 4. The summed E-state index contributed by atoms with van der Waals surface area (Å²) >= 11 is 0. The van der Waals surface area contributed by atoms with Crippen LogP contribution in [0.15, 0.2) is 95.2 Å². The van der Waals surface area contributed by atoms with E-state index in [-0.39, 0.29) is 28.8 Å². The molecule has 0 saturated carbocycles. The molecule has 0 spiro atoms. The lowest BCUT2D eigenvalue weighted by Gasteiger charge is -2.09.